The number of rotatable bonds is 4. The molecule has 1 heterocycles. The van der Waals surface area contributed by atoms with Crippen LogP contribution in [0.25, 0.3) is 0 Å². The summed E-state index contributed by atoms with van der Waals surface area (Å²) in [5.41, 5.74) is 2.25. The molecule has 0 unspecified atom stereocenters. The first kappa shape index (κ1) is 13.1. The number of aromatic amines is 1. The van der Waals surface area contributed by atoms with E-state index in [2.05, 4.69) is 10.2 Å². The number of aromatic nitrogens is 2. The second-order valence-corrected chi connectivity index (χ2v) is 5.22. The molecule has 4 N–H and O–H groups in total. The van der Waals surface area contributed by atoms with E-state index in [0.29, 0.717) is 0 Å². The van der Waals surface area contributed by atoms with Crippen LogP contribution in [-0.4, -0.2) is 29.6 Å². The molecule has 2 aromatic rings. The average molecular weight is 282 g/mol. The summed E-state index contributed by atoms with van der Waals surface area (Å²) in [4.78, 5) is 13.5. The van der Waals surface area contributed by atoms with Crippen LogP contribution < -0.4 is 10.3 Å². The van der Waals surface area contributed by atoms with E-state index in [1.165, 1.54) is 30.5 Å². The van der Waals surface area contributed by atoms with Crippen molar-refractivity contribution in [2.75, 3.05) is 0 Å². The van der Waals surface area contributed by atoms with E-state index in [1.807, 2.05) is 10.3 Å². The summed E-state index contributed by atoms with van der Waals surface area (Å²) in [6.45, 7) is 0. The van der Waals surface area contributed by atoms with Gasteiger partial charge in [-0.2, -0.15) is 5.10 Å². The highest BCUT2D eigenvalue weighted by Crippen LogP contribution is 2.09. The Labute approximate surface area is 108 Å². The first-order valence-corrected chi connectivity index (χ1v) is 6.57. The maximum atomic E-state index is 11.7. The number of carbonyl (C=O) groups excluding carboxylic acids is 1. The molecular formula is C10H10N4O4S. The third-order valence-corrected chi connectivity index (χ3v) is 3.43. The summed E-state index contributed by atoms with van der Waals surface area (Å²) in [5, 5.41) is 14.9. The number of carbonyl (C=O) groups is 1. The van der Waals surface area contributed by atoms with Crippen LogP contribution in [0.3, 0.4) is 0 Å². The number of hydrazine groups is 1. The number of hydrogen-bond donors (Lipinski definition) is 4. The fourth-order valence-electron chi connectivity index (χ4n) is 1.24. The average Bonchev–Trinajstić information content (AvgIpc) is 2.91. The molecule has 2 rings (SSSR count). The number of sulfonamides is 1. The molecule has 8 nitrogen and oxygen atoms in total. The summed E-state index contributed by atoms with van der Waals surface area (Å²) < 4.78 is 23.3. The highest BCUT2D eigenvalue weighted by molar-refractivity contribution is 7.89. The van der Waals surface area contributed by atoms with Crippen LogP contribution in [0, 0.1) is 0 Å². The summed E-state index contributed by atoms with van der Waals surface area (Å²) in [6.07, 6.45) is 2.28. The zero-order valence-corrected chi connectivity index (χ0v) is 10.3. The first-order valence-electron chi connectivity index (χ1n) is 5.09. The Hall–Kier alpha value is -2.39. The van der Waals surface area contributed by atoms with Gasteiger partial charge in [0.05, 0.1) is 6.20 Å². The van der Waals surface area contributed by atoms with Gasteiger partial charge in [-0.1, -0.05) is 0 Å². The van der Waals surface area contributed by atoms with Gasteiger partial charge in [-0.25, -0.2) is 8.42 Å². The molecule has 1 aromatic heterocycles. The lowest BCUT2D eigenvalue weighted by Crippen LogP contribution is -2.41. The number of phenols is 1. The van der Waals surface area contributed by atoms with Crippen molar-refractivity contribution in [3.63, 3.8) is 0 Å². The van der Waals surface area contributed by atoms with Crippen molar-refractivity contribution in [3.8, 4) is 5.75 Å². The number of H-pyrrole nitrogens is 1. The van der Waals surface area contributed by atoms with E-state index in [1.54, 1.807) is 0 Å². The predicted octanol–water partition coefficient (Wildman–Crippen LogP) is -0.261. The second-order valence-electron chi connectivity index (χ2n) is 3.54. The molecule has 1 aromatic carbocycles. The summed E-state index contributed by atoms with van der Waals surface area (Å²) >= 11 is 0. The van der Waals surface area contributed by atoms with Crippen molar-refractivity contribution < 1.29 is 18.3 Å². The minimum Gasteiger partial charge on any atom is -0.508 e. The van der Waals surface area contributed by atoms with E-state index in [9.17, 15) is 13.2 Å². The van der Waals surface area contributed by atoms with E-state index < -0.39 is 15.9 Å². The Kier molecular flexibility index (Phi) is 3.49. The number of benzene rings is 1. The number of aromatic hydroxyl groups is 1. The highest BCUT2D eigenvalue weighted by Gasteiger charge is 2.16. The SMILES string of the molecule is O=C(NNS(=O)(=O)c1cn[nH]c1)c1ccc(O)cc1. The van der Waals surface area contributed by atoms with Crippen LogP contribution in [0.4, 0.5) is 0 Å². The Balaban J connectivity index is 2.03. The van der Waals surface area contributed by atoms with Gasteiger partial charge in [-0.15, -0.1) is 4.83 Å². The Morgan fingerprint density at radius 2 is 1.95 bits per heavy atom. The Morgan fingerprint density at radius 1 is 1.26 bits per heavy atom. The molecule has 0 atom stereocenters. The fourth-order valence-corrected chi connectivity index (χ4v) is 1.99. The van der Waals surface area contributed by atoms with Crippen molar-refractivity contribution in [2.24, 2.45) is 0 Å². The third kappa shape index (κ3) is 3.09. The number of phenolic OH excluding ortho intramolecular Hbond substituents is 1. The lowest BCUT2D eigenvalue weighted by molar-refractivity contribution is 0.0945. The van der Waals surface area contributed by atoms with E-state index in [0.717, 1.165) is 6.20 Å². The topological polar surface area (TPSA) is 124 Å². The van der Waals surface area contributed by atoms with Gasteiger partial charge in [0.2, 0.25) is 0 Å². The minimum absolute atomic E-state index is 0.00975. The Morgan fingerprint density at radius 3 is 2.53 bits per heavy atom. The largest absolute Gasteiger partial charge is 0.508 e. The fraction of sp³-hybridized carbons (Fsp3) is 0. The molecule has 0 aliphatic rings. The molecule has 0 saturated heterocycles. The normalized spacial score (nSPS) is 11.2. The molecule has 0 aliphatic heterocycles. The zero-order chi connectivity index (χ0) is 13.9. The number of amides is 1. The molecule has 0 bridgehead atoms. The van der Waals surface area contributed by atoms with Crippen molar-refractivity contribution in [1.82, 2.24) is 20.5 Å². The van der Waals surface area contributed by atoms with Crippen LogP contribution in [0.5, 0.6) is 5.75 Å². The molecule has 0 aliphatic carbocycles. The van der Waals surface area contributed by atoms with Crippen LogP contribution >= 0.6 is 0 Å². The lowest BCUT2D eigenvalue weighted by Gasteiger charge is -2.06. The molecule has 1 amide bonds. The van der Waals surface area contributed by atoms with Crippen molar-refractivity contribution in [3.05, 3.63) is 42.2 Å². The number of hydrogen-bond acceptors (Lipinski definition) is 5. The molecule has 0 radical (unpaired) electrons. The molecule has 0 spiro atoms. The van der Waals surface area contributed by atoms with Gasteiger partial charge < -0.3 is 5.11 Å². The van der Waals surface area contributed by atoms with E-state index in [-0.39, 0.29) is 16.2 Å². The maximum Gasteiger partial charge on any atom is 0.266 e. The van der Waals surface area contributed by atoms with Gasteiger partial charge in [0.1, 0.15) is 10.6 Å². The standard InChI is InChI=1S/C10H10N4O4S/c15-8-3-1-7(2-4-8)10(16)13-14-19(17,18)9-5-11-12-6-9/h1-6,14-15H,(H,11,12)(H,13,16). The lowest BCUT2D eigenvalue weighted by atomic mass is 10.2. The molecule has 9 heteroatoms. The first-order chi connectivity index (χ1) is 8.99. The third-order valence-electron chi connectivity index (χ3n) is 2.21. The van der Waals surface area contributed by atoms with Crippen molar-refractivity contribution in [1.29, 1.82) is 0 Å². The minimum atomic E-state index is -3.85. The summed E-state index contributed by atoms with van der Waals surface area (Å²) in [7, 11) is -3.85. The molecular weight excluding hydrogens is 272 g/mol. The van der Waals surface area contributed by atoms with Crippen LogP contribution in [-0.2, 0) is 10.0 Å². The summed E-state index contributed by atoms with van der Waals surface area (Å²) in [5.74, 6) is -0.636. The summed E-state index contributed by atoms with van der Waals surface area (Å²) in [6, 6.07) is 5.35. The smallest absolute Gasteiger partial charge is 0.266 e. The number of nitrogens with one attached hydrogen (secondary N) is 3. The van der Waals surface area contributed by atoms with Crippen LogP contribution in [0.2, 0.25) is 0 Å². The monoisotopic (exact) mass is 282 g/mol. The van der Waals surface area contributed by atoms with Crippen molar-refractivity contribution >= 4 is 15.9 Å². The van der Waals surface area contributed by atoms with Gasteiger partial charge in [-0.05, 0) is 24.3 Å². The molecule has 100 valence electrons. The highest BCUT2D eigenvalue weighted by atomic mass is 32.2. The molecule has 0 fully saturated rings. The predicted molar refractivity (Wildman–Crippen MR) is 64.5 cm³/mol. The van der Waals surface area contributed by atoms with Crippen LogP contribution in [0.1, 0.15) is 10.4 Å². The second kappa shape index (κ2) is 5.08. The van der Waals surface area contributed by atoms with Crippen LogP contribution in [0.15, 0.2) is 41.6 Å². The zero-order valence-electron chi connectivity index (χ0n) is 9.49. The maximum absolute atomic E-state index is 11.7. The van der Waals surface area contributed by atoms with Crippen molar-refractivity contribution in [2.45, 2.75) is 4.90 Å². The quantitative estimate of drug-likeness (QED) is 0.575. The van der Waals surface area contributed by atoms with Gasteiger partial charge in [0.15, 0.2) is 0 Å². The molecule has 0 saturated carbocycles. The van der Waals surface area contributed by atoms with E-state index >= 15 is 0 Å². The number of nitrogens with zero attached hydrogens (tertiary/aromatic N) is 1. The van der Waals surface area contributed by atoms with Gasteiger partial charge in [0.25, 0.3) is 15.9 Å². The Bertz CT molecular complexity index is 664. The van der Waals surface area contributed by atoms with E-state index in [4.69, 9.17) is 5.11 Å². The van der Waals surface area contributed by atoms with Gasteiger partial charge >= 0.3 is 0 Å². The van der Waals surface area contributed by atoms with Gasteiger partial charge in [-0.3, -0.25) is 15.3 Å². The molecule has 19 heavy (non-hydrogen) atoms. The van der Waals surface area contributed by atoms with Gasteiger partial charge in [0, 0.05) is 11.8 Å².